The van der Waals surface area contributed by atoms with Crippen molar-refractivity contribution in [2.24, 2.45) is 0 Å². The molecule has 1 aliphatic rings. The van der Waals surface area contributed by atoms with E-state index in [9.17, 15) is 4.39 Å². The Morgan fingerprint density at radius 2 is 2.38 bits per heavy atom. The van der Waals surface area contributed by atoms with Crippen LogP contribution in [-0.2, 0) is 0 Å². The van der Waals surface area contributed by atoms with Crippen LogP contribution in [0.5, 0.6) is 0 Å². The number of likely N-dealkylation sites (tertiary alicyclic amines) is 1. The Morgan fingerprint density at radius 3 is 3.08 bits per heavy atom. The predicted octanol–water partition coefficient (Wildman–Crippen LogP) is 1.42. The van der Waals surface area contributed by atoms with Gasteiger partial charge in [-0.25, -0.2) is 4.39 Å². The topological polar surface area (TPSA) is 15.3 Å². The zero-order valence-corrected chi connectivity index (χ0v) is 8.56. The maximum atomic E-state index is 12.1. The lowest BCUT2D eigenvalue weighted by atomic mass is 10.2. The Bertz CT molecular complexity index is 130. The van der Waals surface area contributed by atoms with Crippen molar-refractivity contribution in [1.29, 1.82) is 0 Å². The van der Waals surface area contributed by atoms with E-state index in [2.05, 4.69) is 17.1 Å². The van der Waals surface area contributed by atoms with Gasteiger partial charge < -0.3 is 5.32 Å². The SMILES string of the molecule is CCCNCC1CCCN1CCF. The number of halogens is 1. The smallest absolute Gasteiger partial charge is 0.102 e. The molecule has 1 atom stereocenters. The minimum atomic E-state index is -0.204. The van der Waals surface area contributed by atoms with Gasteiger partial charge in [-0.3, -0.25) is 4.90 Å². The number of nitrogens with one attached hydrogen (secondary N) is 1. The van der Waals surface area contributed by atoms with E-state index in [0.717, 1.165) is 19.6 Å². The Balaban J connectivity index is 2.15. The van der Waals surface area contributed by atoms with E-state index in [1.54, 1.807) is 0 Å². The van der Waals surface area contributed by atoms with Gasteiger partial charge in [0.2, 0.25) is 0 Å². The van der Waals surface area contributed by atoms with Gasteiger partial charge in [0.15, 0.2) is 0 Å². The molecule has 0 amide bonds. The minimum absolute atomic E-state index is 0.204. The lowest BCUT2D eigenvalue weighted by molar-refractivity contribution is 0.226. The van der Waals surface area contributed by atoms with Crippen LogP contribution in [0, 0.1) is 0 Å². The molecular weight excluding hydrogens is 167 g/mol. The van der Waals surface area contributed by atoms with Gasteiger partial charge in [-0.2, -0.15) is 0 Å². The maximum absolute atomic E-state index is 12.1. The highest BCUT2D eigenvalue weighted by Crippen LogP contribution is 2.15. The van der Waals surface area contributed by atoms with E-state index in [1.165, 1.54) is 19.3 Å². The van der Waals surface area contributed by atoms with Crippen molar-refractivity contribution in [3.63, 3.8) is 0 Å². The third-order valence-corrected chi connectivity index (χ3v) is 2.68. The number of hydrogen-bond acceptors (Lipinski definition) is 2. The molecule has 1 rings (SSSR count). The standard InChI is InChI=1S/C10H21FN2/c1-2-6-12-9-10-4-3-7-13(10)8-5-11/h10,12H,2-9H2,1H3. The first-order valence-electron chi connectivity index (χ1n) is 5.39. The van der Waals surface area contributed by atoms with Gasteiger partial charge in [-0.05, 0) is 32.4 Å². The van der Waals surface area contributed by atoms with Gasteiger partial charge >= 0.3 is 0 Å². The van der Waals surface area contributed by atoms with Crippen LogP contribution in [0.15, 0.2) is 0 Å². The molecular formula is C10H21FN2. The summed E-state index contributed by atoms with van der Waals surface area (Å²) in [6.45, 7) is 5.79. The van der Waals surface area contributed by atoms with Crippen LogP contribution in [0.1, 0.15) is 26.2 Å². The summed E-state index contributed by atoms with van der Waals surface area (Å²) in [7, 11) is 0. The third-order valence-electron chi connectivity index (χ3n) is 2.68. The Labute approximate surface area is 80.5 Å². The van der Waals surface area contributed by atoms with Crippen molar-refractivity contribution in [2.45, 2.75) is 32.2 Å². The monoisotopic (exact) mass is 188 g/mol. The van der Waals surface area contributed by atoms with Gasteiger partial charge in [0.1, 0.15) is 6.67 Å². The van der Waals surface area contributed by atoms with E-state index < -0.39 is 0 Å². The summed E-state index contributed by atoms with van der Waals surface area (Å²) in [5.74, 6) is 0. The number of nitrogens with zero attached hydrogens (tertiary/aromatic N) is 1. The minimum Gasteiger partial charge on any atom is -0.315 e. The van der Waals surface area contributed by atoms with Crippen LogP contribution in [0.25, 0.3) is 0 Å². The fraction of sp³-hybridized carbons (Fsp3) is 1.00. The van der Waals surface area contributed by atoms with Crippen molar-refractivity contribution < 1.29 is 4.39 Å². The molecule has 2 nitrogen and oxygen atoms in total. The van der Waals surface area contributed by atoms with E-state index in [4.69, 9.17) is 0 Å². The van der Waals surface area contributed by atoms with Crippen molar-refractivity contribution in [3.05, 3.63) is 0 Å². The van der Waals surface area contributed by atoms with Crippen molar-refractivity contribution in [1.82, 2.24) is 10.2 Å². The second-order valence-electron chi connectivity index (χ2n) is 3.73. The number of hydrogen-bond donors (Lipinski definition) is 1. The first-order chi connectivity index (χ1) is 6.38. The molecule has 0 spiro atoms. The lowest BCUT2D eigenvalue weighted by Crippen LogP contribution is -2.39. The fourth-order valence-corrected chi connectivity index (χ4v) is 1.97. The predicted molar refractivity (Wildman–Crippen MR) is 53.7 cm³/mol. The van der Waals surface area contributed by atoms with Crippen LogP contribution >= 0.6 is 0 Å². The molecule has 0 aromatic rings. The largest absolute Gasteiger partial charge is 0.315 e. The molecule has 1 fully saturated rings. The molecule has 0 saturated carbocycles. The van der Waals surface area contributed by atoms with E-state index >= 15 is 0 Å². The molecule has 1 heterocycles. The van der Waals surface area contributed by atoms with Gasteiger partial charge in [-0.1, -0.05) is 6.92 Å². The molecule has 1 N–H and O–H groups in total. The van der Waals surface area contributed by atoms with Crippen molar-refractivity contribution >= 4 is 0 Å². The van der Waals surface area contributed by atoms with Gasteiger partial charge in [0.25, 0.3) is 0 Å². The van der Waals surface area contributed by atoms with Crippen LogP contribution in [0.2, 0.25) is 0 Å². The summed E-state index contributed by atoms with van der Waals surface area (Å²) < 4.78 is 12.1. The second-order valence-corrected chi connectivity index (χ2v) is 3.73. The van der Waals surface area contributed by atoms with Gasteiger partial charge in [-0.15, -0.1) is 0 Å². The highest BCUT2D eigenvalue weighted by atomic mass is 19.1. The highest BCUT2D eigenvalue weighted by Gasteiger charge is 2.22. The highest BCUT2D eigenvalue weighted by molar-refractivity contribution is 4.80. The van der Waals surface area contributed by atoms with E-state index in [0.29, 0.717) is 12.6 Å². The molecule has 1 unspecified atom stereocenters. The Kier molecular flexibility index (Phi) is 5.32. The van der Waals surface area contributed by atoms with Crippen LogP contribution < -0.4 is 5.32 Å². The zero-order chi connectivity index (χ0) is 9.52. The molecule has 0 aromatic heterocycles. The molecule has 0 radical (unpaired) electrons. The molecule has 3 heteroatoms. The summed E-state index contributed by atoms with van der Waals surface area (Å²) in [5, 5.41) is 3.40. The average molecular weight is 188 g/mol. The van der Waals surface area contributed by atoms with Crippen molar-refractivity contribution in [3.8, 4) is 0 Å². The summed E-state index contributed by atoms with van der Waals surface area (Å²) >= 11 is 0. The van der Waals surface area contributed by atoms with Gasteiger partial charge in [0.05, 0.1) is 0 Å². The zero-order valence-electron chi connectivity index (χ0n) is 8.56. The normalized spacial score (nSPS) is 24.0. The first-order valence-corrected chi connectivity index (χ1v) is 5.39. The summed E-state index contributed by atoms with van der Waals surface area (Å²) in [4.78, 5) is 2.27. The maximum Gasteiger partial charge on any atom is 0.102 e. The van der Waals surface area contributed by atoms with Crippen LogP contribution in [0.4, 0.5) is 4.39 Å². The van der Waals surface area contributed by atoms with E-state index in [-0.39, 0.29) is 6.67 Å². The number of rotatable bonds is 6. The fourth-order valence-electron chi connectivity index (χ4n) is 1.97. The molecule has 0 bridgehead atoms. The molecule has 1 aliphatic heterocycles. The third kappa shape index (κ3) is 3.61. The summed E-state index contributed by atoms with van der Waals surface area (Å²) in [6, 6.07) is 0.585. The molecule has 0 aliphatic carbocycles. The first kappa shape index (κ1) is 10.9. The Hall–Kier alpha value is -0.150. The quantitative estimate of drug-likeness (QED) is 0.634. The Morgan fingerprint density at radius 1 is 1.54 bits per heavy atom. The molecule has 1 saturated heterocycles. The molecule has 78 valence electrons. The molecule has 0 aromatic carbocycles. The molecule has 13 heavy (non-hydrogen) atoms. The van der Waals surface area contributed by atoms with E-state index in [1.807, 2.05) is 0 Å². The average Bonchev–Trinajstić information content (AvgIpc) is 2.54. The lowest BCUT2D eigenvalue weighted by Gasteiger charge is -2.23. The second kappa shape index (κ2) is 6.33. The number of alkyl halides is 1. The van der Waals surface area contributed by atoms with Crippen molar-refractivity contribution in [2.75, 3.05) is 32.9 Å². The van der Waals surface area contributed by atoms with Crippen LogP contribution in [-0.4, -0.2) is 43.8 Å². The summed E-state index contributed by atoms with van der Waals surface area (Å²) in [5.41, 5.74) is 0. The summed E-state index contributed by atoms with van der Waals surface area (Å²) in [6.07, 6.45) is 3.64. The van der Waals surface area contributed by atoms with Gasteiger partial charge in [0, 0.05) is 19.1 Å². The van der Waals surface area contributed by atoms with Crippen LogP contribution in [0.3, 0.4) is 0 Å².